The van der Waals surface area contributed by atoms with Gasteiger partial charge in [-0.25, -0.2) is 0 Å². The molecule has 0 fully saturated rings. The van der Waals surface area contributed by atoms with E-state index in [2.05, 4.69) is 114 Å². The maximum atomic E-state index is 9.83. The van der Waals surface area contributed by atoms with Crippen LogP contribution in [0.5, 0.6) is 0 Å². The van der Waals surface area contributed by atoms with Gasteiger partial charge in [-0.15, -0.1) is 0 Å². The highest BCUT2D eigenvalue weighted by Gasteiger charge is 2.25. The van der Waals surface area contributed by atoms with Gasteiger partial charge in [-0.1, -0.05) is 96.2 Å². The lowest BCUT2D eigenvalue weighted by Crippen LogP contribution is -2.28. The molecule has 0 radical (unpaired) electrons. The minimum atomic E-state index is -0.296. The molecule has 0 bridgehead atoms. The molecular formula is C34H49N3. The largest absolute Gasteiger partial charge is 0.388 e. The molecule has 0 aromatic heterocycles. The summed E-state index contributed by atoms with van der Waals surface area (Å²) < 4.78 is 0. The molecule has 0 saturated heterocycles. The molecule has 0 amide bonds. The van der Waals surface area contributed by atoms with E-state index in [4.69, 9.17) is 0 Å². The second-order valence-electron chi connectivity index (χ2n) is 10.7. The minimum Gasteiger partial charge on any atom is -0.388 e. The number of hydrogen-bond acceptors (Lipinski definition) is 3. The predicted molar refractivity (Wildman–Crippen MR) is 164 cm³/mol. The standard InChI is InChI=1S/C34H49N3/c1-10-16-27(4)25-28(5)34(8,9)32(37-24-12-3)21-20-29(26-35)17-15-22-33(6,7)30-18-13-14-19-31(30)36-23-11-2/h10,13-21,25,36-37H,5,11-12,22-24H2,1-4,6-9H3/b16-10-,17-15+,27-25-,29-20-,32-21+. The summed E-state index contributed by atoms with van der Waals surface area (Å²) in [6.07, 6.45) is 17.2. The van der Waals surface area contributed by atoms with E-state index in [0.29, 0.717) is 5.57 Å². The summed E-state index contributed by atoms with van der Waals surface area (Å²) in [5, 5.41) is 17.0. The van der Waals surface area contributed by atoms with Crippen LogP contribution in [0.1, 0.15) is 80.2 Å². The highest BCUT2D eigenvalue weighted by molar-refractivity contribution is 5.54. The van der Waals surface area contributed by atoms with Gasteiger partial charge in [-0.05, 0) is 74.0 Å². The molecule has 0 unspecified atom stereocenters. The Labute approximate surface area is 227 Å². The molecule has 0 saturated carbocycles. The van der Waals surface area contributed by atoms with Gasteiger partial charge in [0.1, 0.15) is 0 Å². The third-order valence-corrected chi connectivity index (χ3v) is 6.58. The van der Waals surface area contributed by atoms with Gasteiger partial charge in [-0.2, -0.15) is 5.26 Å². The molecule has 3 heteroatoms. The van der Waals surface area contributed by atoms with E-state index >= 15 is 0 Å². The Bertz CT molecular complexity index is 1070. The first-order valence-corrected chi connectivity index (χ1v) is 13.6. The van der Waals surface area contributed by atoms with E-state index in [1.165, 1.54) is 16.8 Å². The first kappa shape index (κ1) is 31.8. The van der Waals surface area contributed by atoms with Crippen molar-refractivity contribution in [2.75, 3.05) is 18.4 Å². The molecule has 37 heavy (non-hydrogen) atoms. The predicted octanol–water partition coefficient (Wildman–Crippen LogP) is 9.17. The second-order valence-corrected chi connectivity index (χ2v) is 10.7. The summed E-state index contributed by atoms with van der Waals surface area (Å²) in [6, 6.07) is 10.9. The van der Waals surface area contributed by atoms with Crippen LogP contribution in [0.2, 0.25) is 0 Å². The van der Waals surface area contributed by atoms with Crippen LogP contribution in [0.25, 0.3) is 0 Å². The summed E-state index contributed by atoms with van der Waals surface area (Å²) in [4.78, 5) is 0. The fourth-order valence-corrected chi connectivity index (χ4v) is 4.07. The maximum Gasteiger partial charge on any atom is 0.0991 e. The number of hydrogen-bond donors (Lipinski definition) is 2. The normalized spacial score (nSPS) is 13.8. The van der Waals surface area contributed by atoms with Crippen molar-refractivity contribution in [2.45, 2.75) is 80.1 Å². The Morgan fingerprint density at radius 2 is 1.70 bits per heavy atom. The summed E-state index contributed by atoms with van der Waals surface area (Å²) >= 11 is 0. The van der Waals surface area contributed by atoms with Crippen molar-refractivity contribution in [1.82, 2.24) is 5.32 Å². The molecule has 0 aliphatic heterocycles. The van der Waals surface area contributed by atoms with E-state index in [0.717, 1.165) is 43.6 Å². The Hall–Kier alpha value is -3.25. The Morgan fingerprint density at radius 1 is 1.03 bits per heavy atom. The Morgan fingerprint density at radius 3 is 2.32 bits per heavy atom. The zero-order chi connectivity index (χ0) is 27.9. The van der Waals surface area contributed by atoms with Gasteiger partial charge in [0.25, 0.3) is 0 Å². The minimum absolute atomic E-state index is 0.0606. The summed E-state index contributed by atoms with van der Waals surface area (Å²) in [5.74, 6) is 0. The SMILES string of the molecule is C=C(/C=C(C)\C=C/C)C(C)(C)\C(=C/C=C(C#N)/C=C/CC(C)(C)c1ccccc1NCCC)NCCC. The lowest BCUT2D eigenvalue weighted by Gasteiger charge is -2.30. The van der Waals surface area contributed by atoms with E-state index < -0.39 is 0 Å². The topological polar surface area (TPSA) is 47.9 Å². The van der Waals surface area contributed by atoms with Gasteiger partial charge in [0.2, 0.25) is 0 Å². The van der Waals surface area contributed by atoms with Crippen LogP contribution in [0.3, 0.4) is 0 Å². The van der Waals surface area contributed by atoms with Crippen molar-refractivity contribution in [1.29, 1.82) is 5.26 Å². The van der Waals surface area contributed by atoms with Gasteiger partial charge in [0, 0.05) is 29.9 Å². The van der Waals surface area contributed by atoms with Crippen molar-refractivity contribution in [2.24, 2.45) is 5.41 Å². The first-order chi connectivity index (χ1) is 17.5. The first-order valence-electron chi connectivity index (χ1n) is 13.6. The van der Waals surface area contributed by atoms with E-state index in [9.17, 15) is 5.26 Å². The molecular weight excluding hydrogens is 450 g/mol. The van der Waals surface area contributed by atoms with Gasteiger partial charge in [0.05, 0.1) is 11.6 Å². The van der Waals surface area contributed by atoms with Crippen LogP contribution in [0.15, 0.2) is 95.8 Å². The number of nitriles is 1. The highest BCUT2D eigenvalue weighted by atomic mass is 14.9. The van der Waals surface area contributed by atoms with Gasteiger partial charge in [-0.3, -0.25) is 0 Å². The highest BCUT2D eigenvalue weighted by Crippen LogP contribution is 2.35. The van der Waals surface area contributed by atoms with Crippen LogP contribution in [0.4, 0.5) is 5.69 Å². The number of para-hydroxylation sites is 1. The number of allylic oxidation sites excluding steroid dienone is 10. The van der Waals surface area contributed by atoms with Crippen molar-refractivity contribution in [3.05, 3.63) is 101 Å². The Balaban J connectivity index is 3.19. The average Bonchev–Trinajstić information content (AvgIpc) is 2.86. The lowest BCUT2D eigenvalue weighted by molar-refractivity contribution is 0.500. The van der Waals surface area contributed by atoms with Crippen molar-refractivity contribution >= 4 is 5.69 Å². The number of benzene rings is 1. The van der Waals surface area contributed by atoms with Crippen molar-refractivity contribution in [3.63, 3.8) is 0 Å². The molecule has 1 aromatic rings. The van der Waals surface area contributed by atoms with Crippen LogP contribution in [-0.4, -0.2) is 13.1 Å². The average molecular weight is 500 g/mol. The molecule has 0 aliphatic rings. The van der Waals surface area contributed by atoms with Crippen molar-refractivity contribution < 1.29 is 0 Å². The molecule has 2 N–H and O–H groups in total. The molecule has 1 aromatic carbocycles. The molecule has 1 rings (SSSR count). The van der Waals surface area contributed by atoms with Gasteiger partial charge >= 0.3 is 0 Å². The van der Waals surface area contributed by atoms with Crippen LogP contribution in [-0.2, 0) is 5.41 Å². The second kappa shape index (κ2) is 15.8. The van der Waals surface area contributed by atoms with Crippen LogP contribution < -0.4 is 10.6 Å². The van der Waals surface area contributed by atoms with Crippen molar-refractivity contribution in [3.8, 4) is 6.07 Å². The summed E-state index contributed by atoms with van der Waals surface area (Å²) in [7, 11) is 0. The number of anilines is 1. The van der Waals surface area contributed by atoms with E-state index in [1.54, 1.807) is 0 Å². The van der Waals surface area contributed by atoms with Gasteiger partial charge < -0.3 is 10.6 Å². The van der Waals surface area contributed by atoms with Crippen LogP contribution in [0, 0.1) is 16.7 Å². The molecule has 0 aliphatic carbocycles. The molecule has 0 spiro atoms. The fraction of sp³-hybridized carbons (Fsp3) is 0.441. The van der Waals surface area contributed by atoms with E-state index in [-0.39, 0.29) is 10.8 Å². The lowest BCUT2D eigenvalue weighted by atomic mass is 9.80. The summed E-state index contributed by atoms with van der Waals surface area (Å²) in [6.45, 7) is 23.5. The molecule has 0 heterocycles. The zero-order valence-electron chi connectivity index (χ0n) is 24.5. The number of rotatable bonds is 15. The third kappa shape index (κ3) is 10.3. The van der Waals surface area contributed by atoms with Crippen LogP contribution >= 0.6 is 0 Å². The Kier molecular flexibility index (Phi) is 13.5. The monoisotopic (exact) mass is 499 g/mol. The molecule has 3 nitrogen and oxygen atoms in total. The quantitative estimate of drug-likeness (QED) is 0.187. The summed E-state index contributed by atoms with van der Waals surface area (Å²) in [5.41, 5.74) is 6.01. The smallest absolute Gasteiger partial charge is 0.0991 e. The number of nitrogens with zero attached hydrogens (tertiary/aromatic N) is 1. The zero-order valence-corrected chi connectivity index (χ0v) is 24.5. The third-order valence-electron chi connectivity index (χ3n) is 6.58. The molecule has 200 valence electrons. The number of nitrogens with one attached hydrogen (secondary N) is 2. The fourth-order valence-electron chi connectivity index (χ4n) is 4.07. The van der Waals surface area contributed by atoms with E-state index in [1.807, 2.05) is 31.2 Å². The van der Waals surface area contributed by atoms with Gasteiger partial charge in [0.15, 0.2) is 0 Å². The maximum absolute atomic E-state index is 9.83. The molecule has 0 atom stereocenters.